The summed E-state index contributed by atoms with van der Waals surface area (Å²) in [5, 5.41) is 3.90. The van der Waals surface area contributed by atoms with E-state index in [1.54, 1.807) is 23.0 Å². The van der Waals surface area contributed by atoms with Crippen LogP contribution in [0.5, 0.6) is 0 Å². The Hall–Kier alpha value is -2.17. The highest BCUT2D eigenvalue weighted by atomic mass is 19.1. The van der Waals surface area contributed by atoms with Crippen LogP contribution in [0, 0.1) is 5.82 Å². The van der Waals surface area contributed by atoms with Crippen LogP contribution in [0.1, 0.15) is 24.7 Å². The third-order valence-corrected chi connectivity index (χ3v) is 3.18. The van der Waals surface area contributed by atoms with Crippen LogP contribution in [0.3, 0.4) is 0 Å². The number of hydrogen-bond donors (Lipinski definition) is 0. The Bertz CT molecular complexity index is 633. The first-order chi connectivity index (χ1) is 9.29. The summed E-state index contributed by atoms with van der Waals surface area (Å²) in [6, 6.07) is 5.12. The molecule has 0 unspecified atom stereocenters. The number of rotatable bonds is 3. The van der Waals surface area contributed by atoms with Crippen molar-refractivity contribution in [1.82, 2.24) is 9.55 Å². The number of hydrogen-bond acceptors (Lipinski definition) is 3. The highest BCUT2D eigenvalue weighted by molar-refractivity contribution is 6.01. The summed E-state index contributed by atoms with van der Waals surface area (Å²) in [4.78, 5) is 9.15. The molecule has 1 aliphatic rings. The van der Waals surface area contributed by atoms with Crippen molar-refractivity contribution < 1.29 is 9.23 Å². The van der Waals surface area contributed by atoms with E-state index in [4.69, 9.17) is 4.84 Å². The summed E-state index contributed by atoms with van der Waals surface area (Å²) in [5.41, 5.74) is 2.08. The molecule has 0 bridgehead atoms. The van der Waals surface area contributed by atoms with Crippen molar-refractivity contribution in [2.24, 2.45) is 5.16 Å². The van der Waals surface area contributed by atoms with E-state index in [1.807, 2.05) is 13.0 Å². The van der Waals surface area contributed by atoms with Crippen LogP contribution in [0.2, 0.25) is 0 Å². The molecule has 98 valence electrons. The maximum atomic E-state index is 14.2. The Balaban J connectivity index is 2.00. The maximum absolute atomic E-state index is 14.2. The minimum absolute atomic E-state index is 0.278. The fourth-order valence-corrected chi connectivity index (χ4v) is 2.21. The molecule has 0 N–H and O–H groups in total. The molecule has 3 rings (SSSR count). The van der Waals surface area contributed by atoms with Crippen molar-refractivity contribution in [2.45, 2.75) is 19.8 Å². The summed E-state index contributed by atoms with van der Waals surface area (Å²) in [6.07, 6.45) is 4.94. The van der Waals surface area contributed by atoms with Gasteiger partial charge in [0.05, 0.1) is 11.4 Å². The third-order valence-electron chi connectivity index (χ3n) is 3.18. The lowest BCUT2D eigenvalue weighted by Gasteiger charge is -2.09. The minimum atomic E-state index is -0.278. The average molecular weight is 259 g/mol. The van der Waals surface area contributed by atoms with E-state index in [1.165, 1.54) is 6.07 Å². The fraction of sp³-hybridized carbons (Fsp3) is 0.286. The molecule has 0 aliphatic carbocycles. The van der Waals surface area contributed by atoms with Crippen molar-refractivity contribution >= 4 is 5.71 Å². The Morgan fingerprint density at radius 3 is 3.00 bits per heavy atom. The molecule has 4 nitrogen and oxygen atoms in total. The topological polar surface area (TPSA) is 39.4 Å². The van der Waals surface area contributed by atoms with Gasteiger partial charge >= 0.3 is 0 Å². The highest BCUT2D eigenvalue weighted by Crippen LogP contribution is 2.19. The summed E-state index contributed by atoms with van der Waals surface area (Å²) >= 11 is 0. The molecule has 5 heteroatoms. The summed E-state index contributed by atoms with van der Waals surface area (Å²) in [5.74, 6) is 0.563. The first kappa shape index (κ1) is 11.9. The maximum Gasteiger partial charge on any atom is 0.147 e. The predicted octanol–water partition coefficient (Wildman–Crippen LogP) is 2.70. The molecule has 0 atom stereocenters. The molecule has 0 fully saturated rings. The average Bonchev–Trinajstić information content (AvgIpc) is 3.09. The second-order valence-corrected chi connectivity index (χ2v) is 4.35. The molecular formula is C14H14FN3O. The van der Waals surface area contributed by atoms with Crippen molar-refractivity contribution in [3.63, 3.8) is 0 Å². The number of benzene rings is 1. The molecule has 19 heavy (non-hydrogen) atoms. The van der Waals surface area contributed by atoms with Gasteiger partial charge in [0, 0.05) is 30.8 Å². The van der Waals surface area contributed by atoms with Crippen LogP contribution in [0.4, 0.5) is 4.39 Å². The van der Waals surface area contributed by atoms with Crippen LogP contribution in [0.25, 0.3) is 5.69 Å². The van der Waals surface area contributed by atoms with E-state index in [-0.39, 0.29) is 5.82 Å². The number of aromatic nitrogens is 2. The van der Waals surface area contributed by atoms with Crippen LogP contribution in [-0.4, -0.2) is 21.9 Å². The fourth-order valence-electron chi connectivity index (χ4n) is 2.21. The zero-order valence-corrected chi connectivity index (χ0v) is 10.6. The molecule has 2 aromatic rings. The van der Waals surface area contributed by atoms with E-state index in [2.05, 4.69) is 10.1 Å². The molecule has 0 saturated heterocycles. The standard InChI is InChI=1S/C14H14FN3O/c1-2-14-16-6-7-18(14)13-4-3-10(9-11(13)15)12-5-8-19-17-12/h3-4,6-7,9H,2,5,8H2,1H3. The normalized spacial score (nSPS) is 14.3. The van der Waals surface area contributed by atoms with Crippen LogP contribution < -0.4 is 0 Å². The lowest BCUT2D eigenvalue weighted by atomic mass is 10.1. The van der Waals surface area contributed by atoms with Gasteiger partial charge in [0.15, 0.2) is 0 Å². The molecule has 0 amide bonds. The van der Waals surface area contributed by atoms with Crippen molar-refractivity contribution in [3.8, 4) is 5.69 Å². The summed E-state index contributed by atoms with van der Waals surface area (Å²) in [7, 11) is 0. The van der Waals surface area contributed by atoms with Crippen LogP contribution >= 0.6 is 0 Å². The Kier molecular flexibility index (Phi) is 3.03. The molecule has 2 heterocycles. The highest BCUT2D eigenvalue weighted by Gasteiger charge is 2.14. The van der Waals surface area contributed by atoms with Gasteiger partial charge in [-0.15, -0.1) is 0 Å². The van der Waals surface area contributed by atoms with Crippen molar-refractivity contribution in [2.75, 3.05) is 6.61 Å². The van der Waals surface area contributed by atoms with Crippen LogP contribution in [-0.2, 0) is 11.3 Å². The molecule has 1 aromatic heterocycles. The van der Waals surface area contributed by atoms with E-state index in [9.17, 15) is 4.39 Å². The Labute approximate surface area is 110 Å². The number of oxime groups is 1. The minimum Gasteiger partial charge on any atom is -0.395 e. The van der Waals surface area contributed by atoms with Gasteiger partial charge in [0.25, 0.3) is 0 Å². The Morgan fingerprint density at radius 1 is 1.42 bits per heavy atom. The predicted molar refractivity (Wildman–Crippen MR) is 70.0 cm³/mol. The van der Waals surface area contributed by atoms with Crippen molar-refractivity contribution in [3.05, 3.63) is 47.8 Å². The van der Waals surface area contributed by atoms with Gasteiger partial charge in [-0.25, -0.2) is 9.37 Å². The third kappa shape index (κ3) is 2.12. The number of nitrogens with zero attached hydrogens (tertiary/aromatic N) is 3. The van der Waals surface area contributed by atoms with Gasteiger partial charge in [-0.2, -0.15) is 0 Å². The van der Waals surface area contributed by atoms with Gasteiger partial charge in [-0.3, -0.25) is 0 Å². The van der Waals surface area contributed by atoms with E-state index in [0.717, 1.165) is 29.9 Å². The molecule has 0 radical (unpaired) electrons. The zero-order valence-electron chi connectivity index (χ0n) is 10.6. The van der Waals surface area contributed by atoms with Gasteiger partial charge in [0.1, 0.15) is 18.2 Å². The smallest absolute Gasteiger partial charge is 0.147 e. The monoisotopic (exact) mass is 259 g/mol. The molecule has 1 aliphatic heterocycles. The van der Waals surface area contributed by atoms with Gasteiger partial charge < -0.3 is 9.40 Å². The van der Waals surface area contributed by atoms with Crippen LogP contribution in [0.15, 0.2) is 35.7 Å². The van der Waals surface area contributed by atoms with E-state index in [0.29, 0.717) is 12.3 Å². The second-order valence-electron chi connectivity index (χ2n) is 4.35. The quantitative estimate of drug-likeness (QED) is 0.850. The van der Waals surface area contributed by atoms with E-state index >= 15 is 0 Å². The zero-order chi connectivity index (χ0) is 13.2. The summed E-state index contributed by atoms with van der Waals surface area (Å²) in [6.45, 7) is 2.57. The van der Waals surface area contributed by atoms with E-state index < -0.39 is 0 Å². The lowest BCUT2D eigenvalue weighted by molar-refractivity contribution is 0.174. The molecule has 1 aromatic carbocycles. The van der Waals surface area contributed by atoms with Gasteiger partial charge in [0.2, 0.25) is 0 Å². The Morgan fingerprint density at radius 2 is 2.32 bits per heavy atom. The van der Waals surface area contributed by atoms with Gasteiger partial charge in [-0.1, -0.05) is 18.1 Å². The molecule has 0 saturated carbocycles. The lowest BCUT2D eigenvalue weighted by Crippen LogP contribution is -2.04. The van der Waals surface area contributed by atoms with Gasteiger partial charge in [-0.05, 0) is 12.1 Å². The largest absolute Gasteiger partial charge is 0.395 e. The summed E-state index contributed by atoms with van der Waals surface area (Å²) < 4.78 is 16.0. The second kappa shape index (κ2) is 4.84. The first-order valence-corrected chi connectivity index (χ1v) is 6.31. The first-order valence-electron chi connectivity index (χ1n) is 6.31. The number of aryl methyl sites for hydroxylation is 1. The number of halogens is 1. The molecular weight excluding hydrogens is 245 g/mol. The SMILES string of the molecule is CCc1nccn1-c1ccc(C2=NOCC2)cc1F. The molecule has 0 spiro atoms. The van der Waals surface area contributed by atoms with Crippen molar-refractivity contribution in [1.29, 1.82) is 0 Å². The number of imidazole rings is 1.